The first kappa shape index (κ1) is 14.7. The van der Waals surface area contributed by atoms with Crippen LogP contribution in [0.2, 0.25) is 0 Å². The van der Waals surface area contributed by atoms with Crippen LogP contribution < -0.4 is 5.32 Å². The summed E-state index contributed by atoms with van der Waals surface area (Å²) in [5, 5.41) is 3.34. The molecule has 0 aromatic carbocycles. The van der Waals surface area contributed by atoms with Crippen LogP contribution >= 0.6 is 11.6 Å². The first-order chi connectivity index (χ1) is 9.72. The zero-order valence-electron chi connectivity index (χ0n) is 12.5. The summed E-state index contributed by atoms with van der Waals surface area (Å²) in [5.41, 5.74) is -0.0813. The van der Waals surface area contributed by atoms with Crippen LogP contribution in [0.15, 0.2) is 0 Å². The van der Waals surface area contributed by atoms with Crippen LogP contribution in [0, 0.1) is 17.8 Å². The molecular weight excluding hydrogens is 270 g/mol. The molecule has 0 saturated heterocycles. The van der Waals surface area contributed by atoms with Gasteiger partial charge in [-0.1, -0.05) is 38.5 Å². The maximum atomic E-state index is 12.6. The number of rotatable bonds is 3. The number of hydrogen-bond acceptors (Lipinski definition) is 1. The highest BCUT2D eigenvalue weighted by Crippen LogP contribution is 2.43. The standard InChI is InChI=1S/C17H28ClNO/c18-12-17(9-3-4-10-17)19-16(20)15-8-7-13-5-1-2-6-14(13)11-15/h13-15H,1-12H2,(H,19,20). The maximum absolute atomic E-state index is 12.6. The average Bonchev–Trinajstić information content (AvgIpc) is 2.96. The van der Waals surface area contributed by atoms with Crippen molar-refractivity contribution >= 4 is 17.5 Å². The van der Waals surface area contributed by atoms with E-state index in [1.807, 2.05) is 0 Å². The molecule has 0 aromatic rings. The molecule has 0 spiro atoms. The summed E-state index contributed by atoms with van der Waals surface area (Å²) < 4.78 is 0. The topological polar surface area (TPSA) is 29.1 Å². The molecule has 3 unspecified atom stereocenters. The van der Waals surface area contributed by atoms with E-state index < -0.39 is 0 Å². The molecule has 0 heterocycles. The average molecular weight is 298 g/mol. The van der Waals surface area contributed by atoms with Gasteiger partial charge in [0, 0.05) is 11.8 Å². The SMILES string of the molecule is O=C(NC1(CCl)CCCC1)C1CCC2CCCCC2C1. The van der Waals surface area contributed by atoms with Gasteiger partial charge in [0.1, 0.15) is 0 Å². The van der Waals surface area contributed by atoms with Gasteiger partial charge in [0.2, 0.25) is 5.91 Å². The van der Waals surface area contributed by atoms with Crippen molar-refractivity contribution in [3.05, 3.63) is 0 Å². The predicted molar refractivity (Wildman–Crippen MR) is 82.9 cm³/mol. The molecule has 114 valence electrons. The molecule has 3 rings (SSSR count). The Labute approximate surface area is 128 Å². The van der Waals surface area contributed by atoms with Crippen LogP contribution in [0.4, 0.5) is 0 Å². The molecule has 3 heteroatoms. The van der Waals surface area contributed by atoms with Crippen molar-refractivity contribution in [3.8, 4) is 0 Å². The quantitative estimate of drug-likeness (QED) is 0.775. The monoisotopic (exact) mass is 297 g/mol. The molecule has 0 aromatic heterocycles. The number of halogens is 1. The van der Waals surface area contributed by atoms with E-state index >= 15 is 0 Å². The fourth-order valence-corrected chi connectivity index (χ4v) is 5.15. The van der Waals surface area contributed by atoms with Crippen LogP contribution in [-0.2, 0) is 4.79 Å². The smallest absolute Gasteiger partial charge is 0.223 e. The van der Waals surface area contributed by atoms with Gasteiger partial charge >= 0.3 is 0 Å². The lowest BCUT2D eigenvalue weighted by Crippen LogP contribution is -2.51. The first-order valence-corrected chi connectivity index (χ1v) is 9.14. The Bertz CT molecular complexity index is 351. The van der Waals surface area contributed by atoms with Crippen LogP contribution in [0.1, 0.15) is 70.6 Å². The molecule has 0 aliphatic heterocycles. The Balaban J connectivity index is 1.57. The number of carbonyl (C=O) groups is 1. The van der Waals surface area contributed by atoms with Crippen molar-refractivity contribution in [2.45, 2.75) is 76.2 Å². The van der Waals surface area contributed by atoms with E-state index in [4.69, 9.17) is 11.6 Å². The van der Waals surface area contributed by atoms with Crippen LogP contribution in [0.5, 0.6) is 0 Å². The summed E-state index contributed by atoms with van der Waals surface area (Å²) in [7, 11) is 0. The van der Waals surface area contributed by atoms with Gasteiger partial charge < -0.3 is 5.32 Å². The Hall–Kier alpha value is -0.240. The second-order valence-corrected chi connectivity index (χ2v) is 7.69. The van der Waals surface area contributed by atoms with Gasteiger partial charge in [-0.3, -0.25) is 4.79 Å². The number of carbonyl (C=O) groups excluding carboxylic acids is 1. The van der Waals surface area contributed by atoms with E-state index in [-0.39, 0.29) is 11.5 Å². The fourth-order valence-electron chi connectivity index (χ4n) is 4.82. The summed E-state index contributed by atoms with van der Waals surface area (Å²) in [6.07, 6.45) is 13.6. The molecule has 20 heavy (non-hydrogen) atoms. The van der Waals surface area contributed by atoms with E-state index in [9.17, 15) is 4.79 Å². The number of hydrogen-bond donors (Lipinski definition) is 1. The van der Waals surface area contributed by atoms with Gasteiger partial charge in [-0.15, -0.1) is 11.6 Å². The lowest BCUT2D eigenvalue weighted by molar-refractivity contribution is -0.129. The Morgan fingerprint density at radius 1 is 1.00 bits per heavy atom. The minimum Gasteiger partial charge on any atom is -0.349 e. The maximum Gasteiger partial charge on any atom is 0.223 e. The van der Waals surface area contributed by atoms with E-state index in [0.717, 1.165) is 37.5 Å². The molecule has 3 fully saturated rings. The van der Waals surface area contributed by atoms with Crippen LogP contribution in [0.25, 0.3) is 0 Å². The molecule has 0 radical (unpaired) electrons. The van der Waals surface area contributed by atoms with Crippen molar-refractivity contribution in [2.24, 2.45) is 17.8 Å². The van der Waals surface area contributed by atoms with Gasteiger partial charge in [0.15, 0.2) is 0 Å². The molecule has 0 bridgehead atoms. The van der Waals surface area contributed by atoms with Crippen molar-refractivity contribution in [1.29, 1.82) is 0 Å². The molecule has 3 aliphatic carbocycles. The van der Waals surface area contributed by atoms with Crippen molar-refractivity contribution in [2.75, 3.05) is 5.88 Å². The molecule has 1 amide bonds. The number of amides is 1. The molecule has 2 nitrogen and oxygen atoms in total. The summed E-state index contributed by atoms with van der Waals surface area (Å²) >= 11 is 6.14. The van der Waals surface area contributed by atoms with Gasteiger partial charge in [0.05, 0.1) is 5.54 Å². The van der Waals surface area contributed by atoms with Crippen LogP contribution in [0.3, 0.4) is 0 Å². The molecule has 1 N–H and O–H groups in total. The number of nitrogens with one attached hydrogen (secondary N) is 1. The minimum atomic E-state index is -0.0813. The van der Waals surface area contributed by atoms with Crippen LogP contribution in [-0.4, -0.2) is 17.3 Å². The zero-order valence-corrected chi connectivity index (χ0v) is 13.3. The second-order valence-electron chi connectivity index (χ2n) is 7.42. The lowest BCUT2D eigenvalue weighted by Gasteiger charge is -2.40. The first-order valence-electron chi connectivity index (χ1n) is 8.60. The third-order valence-electron chi connectivity index (χ3n) is 6.12. The highest BCUT2D eigenvalue weighted by molar-refractivity contribution is 6.18. The van der Waals surface area contributed by atoms with Gasteiger partial charge in [-0.05, 0) is 43.9 Å². The lowest BCUT2D eigenvalue weighted by atomic mass is 9.67. The van der Waals surface area contributed by atoms with E-state index in [0.29, 0.717) is 11.8 Å². The summed E-state index contributed by atoms with van der Waals surface area (Å²) in [5.74, 6) is 2.88. The summed E-state index contributed by atoms with van der Waals surface area (Å²) in [4.78, 5) is 12.6. The van der Waals surface area contributed by atoms with Crippen molar-refractivity contribution in [1.82, 2.24) is 5.32 Å². The molecule has 3 aliphatic rings. The van der Waals surface area contributed by atoms with Crippen molar-refractivity contribution in [3.63, 3.8) is 0 Å². The van der Waals surface area contributed by atoms with Gasteiger partial charge in [0.25, 0.3) is 0 Å². The van der Waals surface area contributed by atoms with E-state index in [1.165, 1.54) is 44.9 Å². The Kier molecular flexibility index (Phi) is 4.59. The second kappa shape index (κ2) is 6.25. The molecule has 3 saturated carbocycles. The number of fused-ring (bicyclic) bond motifs is 1. The minimum absolute atomic E-state index is 0.0813. The molecular formula is C17H28ClNO. The van der Waals surface area contributed by atoms with Gasteiger partial charge in [-0.25, -0.2) is 0 Å². The molecule has 3 atom stereocenters. The highest BCUT2D eigenvalue weighted by atomic mass is 35.5. The highest BCUT2D eigenvalue weighted by Gasteiger charge is 2.39. The van der Waals surface area contributed by atoms with Crippen molar-refractivity contribution < 1.29 is 4.79 Å². The van der Waals surface area contributed by atoms with E-state index in [1.54, 1.807) is 0 Å². The Morgan fingerprint density at radius 3 is 2.40 bits per heavy atom. The normalized spacial score (nSPS) is 36.4. The summed E-state index contributed by atoms with van der Waals surface area (Å²) in [6.45, 7) is 0. The number of alkyl halides is 1. The fraction of sp³-hybridized carbons (Fsp3) is 0.941. The van der Waals surface area contributed by atoms with Gasteiger partial charge in [-0.2, -0.15) is 0 Å². The zero-order chi connectivity index (χ0) is 14.0. The largest absolute Gasteiger partial charge is 0.349 e. The third kappa shape index (κ3) is 3.00. The summed E-state index contributed by atoms with van der Waals surface area (Å²) in [6, 6.07) is 0. The van der Waals surface area contributed by atoms with E-state index in [2.05, 4.69) is 5.32 Å². The predicted octanol–water partition coefficient (Wildman–Crippen LogP) is 4.26. The third-order valence-corrected chi connectivity index (χ3v) is 6.63. The Morgan fingerprint density at radius 2 is 1.70 bits per heavy atom.